The summed E-state index contributed by atoms with van der Waals surface area (Å²) in [6.45, 7) is 16.4. The predicted molar refractivity (Wildman–Crippen MR) is 167 cm³/mol. The van der Waals surface area contributed by atoms with Crippen molar-refractivity contribution >= 4 is 11.5 Å². The van der Waals surface area contributed by atoms with E-state index in [9.17, 15) is 20.1 Å². The van der Waals surface area contributed by atoms with Gasteiger partial charge in [0.15, 0.2) is 11.4 Å². The standard InChI is InChI=1S/C37H51NO7/c1-31(2,41)29-27(40)30-37(44-30)23(43-29)12-13-34(7)35(8)17(11-14-36(34,37)42)15-20-24-19-16-21-25(33(5,6)45-32(21,3)4)26(39)18(19)9-10-22(24)38-28(20)35/h9-10,17,20-21,23,25,27-30,38,40-42H,11-16H2,1-8H3/t17?,20?,21-,23?,25-,27?,28?,29?,30?,34?,35?,36?,37?/m0/s1. The van der Waals surface area contributed by atoms with E-state index in [1.54, 1.807) is 13.8 Å². The molecule has 0 radical (unpaired) electrons. The van der Waals surface area contributed by atoms with Crippen LogP contribution in [0, 0.1) is 28.6 Å². The summed E-state index contributed by atoms with van der Waals surface area (Å²) in [7, 11) is 0. The summed E-state index contributed by atoms with van der Waals surface area (Å²) in [5, 5.41) is 39.2. The second kappa shape index (κ2) is 8.18. The van der Waals surface area contributed by atoms with Crippen LogP contribution >= 0.6 is 0 Å². The van der Waals surface area contributed by atoms with E-state index in [-0.39, 0.29) is 46.7 Å². The fourth-order valence-electron chi connectivity index (χ4n) is 13.3. The molecule has 4 heterocycles. The summed E-state index contributed by atoms with van der Waals surface area (Å²) in [4.78, 5) is 14.2. The van der Waals surface area contributed by atoms with Crippen molar-refractivity contribution in [3.05, 3.63) is 28.8 Å². The zero-order chi connectivity index (χ0) is 32.1. The molecule has 8 heteroatoms. The van der Waals surface area contributed by atoms with E-state index < -0.39 is 46.1 Å². The van der Waals surface area contributed by atoms with Gasteiger partial charge < -0.3 is 34.8 Å². The third-order valence-electron chi connectivity index (χ3n) is 15.3. The maximum atomic E-state index is 14.2. The normalized spacial score (nSPS) is 52.7. The van der Waals surface area contributed by atoms with Crippen molar-refractivity contribution in [1.82, 2.24) is 0 Å². The number of carbonyl (C=O) groups excluding carboxylic acids is 1. The Labute approximate surface area is 266 Å². The molecule has 3 saturated heterocycles. The minimum Gasteiger partial charge on any atom is -0.388 e. The van der Waals surface area contributed by atoms with Crippen LogP contribution in [0.25, 0.3) is 0 Å². The molecule has 11 unspecified atom stereocenters. The van der Waals surface area contributed by atoms with Gasteiger partial charge in [-0.05, 0) is 115 Å². The van der Waals surface area contributed by atoms with E-state index in [1.807, 2.05) is 6.07 Å². The summed E-state index contributed by atoms with van der Waals surface area (Å²) in [5.74, 6) is 0.858. The van der Waals surface area contributed by atoms with Crippen LogP contribution in [-0.4, -0.2) is 79.6 Å². The number of epoxide rings is 1. The van der Waals surface area contributed by atoms with Crippen LogP contribution in [0.2, 0.25) is 0 Å². The minimum atomic E-state index is -1.22. The van der Waals surface area contributed by atoms with Crippen molar-refractivity contribution in [2.24, 2.45) is 28.6 Å². The molecule has 0 amide bonds. The Morgan fingerprint density at radius 2 is 1.76 bits per heavy atom. The van der Waals surface area contributed by atoms with Gasteiger partial charge >= 0.3 is 0 Å². The smallest absolute Gasteiger partial charge is 0.169 e. The number of ketones is 1. The molecule has 1 spiro atoms. The van der Waals surface area contributed by atoms with E-state index >= 15 is 0 Å². The summed E-state index contributed by atoms with van der Waals surface area (Å²) >= 11 is 0. The molecular formula is C37H51NO7. The van der Waals surface area contributed by atoms with E-state index in [0.29, 0.717) is 18.8 Å². The number of carbonyl (C=O) groups is 1. The molecule has 13 atom stereocenters. The van der Waals surface area contributed by atoms with Crippen molar-refractivity contribution in [3.8, 4) is 0 Å². The number of Topliss-reactive ketones (excluding diaryl/α,β-unsaturated/α-hetero) is 1. The van der Waals surface area contributed by atoms with Gasteiger partial charge in [0.25, 0.3) is 0 Å². The van der Waals surface area contributed by atoms with Crippen LogP contribution < -0.4 is 5.32 Å². The fraction of sp³-hybridized carbons (Fsp3) is 0.811. The molecule has 3 saturated carbocycles. The molecular weight excluding hydrogens is 570 g/mol. The second-order valence-electron chi connectivity index (χ2n) is 18.2. The number of hydrogen-bond acceptors (Lipinski definition) is 8. The van der Waals surface area contributed by atoms with Crippen LogP contribution in [0.1, 0.15) is 115 Å². The molecule has 4 aliphatic heterocycles. The van der Waals surface area contributed by atoms with Crippen LogP contribution in [0.3, 0.4) is 0 Å². The van der Waals surface area contributed by atoms with Gasteiger partial charge in [0.2, 0.25) is 0 Å². The number of ether oxygens (including phenoxy) is 3. The van der Waals surface area contributed by atoms with Crippen molar-refractivity contribution in [3.63, 3.8) is 0 Å². The molecule has 1 aromatic rings. The number of aliphatic hydroxyl groups excluding tert-OH is 1. The maximum Gasteiger partial charge on any atom is 0.169 e. The highest BCUT2D eigenvalue weighted by Gasteiger charge is 2.87. The lowest BCUT2D eigenvalue weighted by Crippen LogP contribution is -2.77. The highest BCUT2D eigenvalue weighted by Crippen LogP contribution is 2.78. The second-order valence-corrected chi connectivity index (χ2v) is 18.2. The van der Waals surface area contributed by atoms with Crippen molar-refractivity contribution in [1.29, 1.82) is 0 Å². The first-order valence-corrected chi connectivity index (χ1v) is 17.5. The molecule has 6 fully saturated rings. The van der Waals surface area contributed by atoms with Gasteiger partial charge in [-0.2, -0.15) is 0 Å². The molecule has 4 aliphatic carbocycles. The van der Waals surface area contributed by atoms with Crippen molar-refractivity contribution < 1.29 is 34.3 Å². The predicted octanol–water partition coefficient (Wildman–Crippen LogP) is 4.51. The third kappa shape index (κ3) is 3.11. The molecule has 9 rings (SSSR count). The molecule has 45 heavy (non-hydrogen) atoms. The van der Waals surface area contributed by atoms with Crippen LogP contribution in [0.15, 0.2) is 12.1 Å². The number of benzene rings is 1. The Balaban J connectivity index is 1.10. The minimum absolute atomic E-state index is 0.113. The van der Waals surface area contributed by atoms with Crippen molar-refractivity contribution in [2.45, 2.75) is 158 Å². The summed E-state index contributed by atoms with van der Waals surface area (Å²) < 4.78 is 19.5. The molecule has 1 aromatic carbocycles. The molecule has 246 valence electrons. The quantitative estimate of drug-likeness (QED) is 0.338. The van der Waals surface area contributed by atoms with Crippen molar-refractivity contribution in [2.75, 3.05) is 5.32 Å². The highest BCUT2D eigenvalue weighted by molar-refractivity contribution is 6.02. The first-order chi connectivity index (χ1) is 20.8. The van der Waals surface area contributed by atoms with E-state index in [1.165, 1.54) is 11.1 Å². The number of aliphatic hydroxyl groups is 3. The zero-order valence-electron chi connectivity index (χ0n) is 28.1. The Morgan fingerprint density at radius 3 is 2.47 bits per heavy atom. The average molecular weight is 622 g/mol. The van der Waals surface area contributed by atoms with Gasteiger partial charge in [-0.25, -0.2) is 0 Å². The molecule has 0 aromatic heterocycles. The SMILES string of the molecule is CC(C)(O)C1OC2CCC3(C)C4(C)C(CCC3(O)C23OC3C1O)CC1c2c(ccc3c2C[C@H]2[C@@H](C3=O)C(C)(C)OC2(C)C)NC14. The van der Waals surface area contributed by atoms with Gasteiger partial charge in [-0.3, -0.25) is 4.79 Å². The van der Waals surface area contributed by atoms with E-state index in [2.05, 4.69) is 52.9 Å². The van der Waals surface area contributed by atoms with Crippen LogP contribution in [0.4, 0.5) is 5.69 Å². The maximum absolute atomic E-state index is 14.2. The average Bonchev–Trinajstić information content (AvgIpc) is 3.44. The van der Waals surface area contributed by atoms with Gasteiger partial charge in [-0.15, -0.1) is 0 Å². The lowest BCUT2D eigenvalue weighted by molar-refractivity contribution is -0.292. The van der Waals surface area contributed by atoms with Gasteiger partial charge in [0.1, 0.15) is 23.9 Å². The summed E-state index contributed by atoms with van der Waals surface area (Å²) in [6.07, 6.45) is 2.11. The highest BCUT2D eigenvalue weighted by atomic mass is 16.7. The first kappa shape index (κ1) is 29.6. The monoisotopic (exact) mass is 621 g/mol. The van der Waals surface area contributed by atoms with Gasteiger partial charge in [-0.1, -0.05) is 13.8 Å². The fourth-order valence-corrected chi connectivity index (χ4v) is 13.3. The lowest BCUT2D eigenvalue weighted by atomic mass is 9.40. The molecule has 8 nitrogen and oxygen atoms in total. The Kier molecular flexibility index (Phi) is 5.37. The topological polar surface area (TPSA) is 121 Å². The molecule has 4 N–H and O–H groups in total. The van der Waals surface area contributed by atoms with Crippen LogP contribution in [-0.2, 0) is 20.6 Å². The molecule has 8 aliphatic rings. The van der Waals surface area contributed by atoms with Gasteiger partial charge in [0, 0.05) is 34.5 Å². The zero-order valence-corrected chi connectivity index (χ0v) is 28.1. The van der Waals surface area contributed by atoms with E-state index in [4.69, 9.17) is 14.2 Å². The molecule has 0 bridgehead atoms. The number of hydrogen-bond donors (Lipinski definition) is 4. The number of nitrogens with one attached hydrogen (secondary N) is 1. The number of fused-ring (bicyclic) bond motifs is 10. The Morgan fingerprint density at radius 1 is 1.02 bits per heavy atom. The Hall–Kier alpha value is -1.55. The number of anilines is 1. The van der Waals surface area contributed by atoms with E-state index in [0.717, 1.165) is 36.9 Å². The largest absolute Gasteiger partial charge is 0.388 e. The number of rotatable bonds is 1. The third-order valence-corrected chi connectivity index (χ3v) is 15.3. The lowest BCUT2D eigenvalue weighted by Gasteiger charge is -2.67. The summed E-state index contributed by atoms with van der Waals surface area (Å²) in [6, 6.07) is 4.29. The first-order valence-electron chi connectivity index (χ1n) is 17.5. The Bertz CT molecular complexity index is 1530. The van der Waals surface area contributed by atoms with Gasteiger partial charge in [0.05, 0.1) is 28.8 Å². The van der Waals surface area contributed by atoms with Crippen LogP contribution in [0.5, 0.6) is 0 Å². The summed E-state index contributed by atoms with van der Waals surface area (Å²) in [5.41, 5.74) is -0.475.